The Kier molecular flexibility index (Phi) is 3.28. The van der Waals surface area contributed by atoms with E-state index < -0.39 is 0 Å². The zero-order valence-electron chi connectivity index (χ0n) is 10.3. The van der Waals surface area contributed by atoms with E-state index in [1.807, 2.05) is 18.3 Å². The molecule has 3 rings (SSSR count). The number of aromatic nitrogens is 1. The van der Waals surface area contributed by atoms with Crippen molar-refractivity contribution in [3.8, 4) is 0 Å². The van der Waals surface area contributed by atoms with Crippen LogP contribution in [-0.4, -0.2) is 10.9 Å². The van der Waals surface area contributed by atoms with Crippen LogP contribution in [-0.2, 0) is 0 Å². The van der Waals surface area contributed by atoms with E-state index in [1.165, 1.54) is 18.2 Å². The number of rotatable bonds is 2. The summed E-state index contributed by atoms with van der Waals surface area (Å²) in [6, 6.07) is 11.4. The predicted octanol–water partition coefficient (Wildman–Crippen LogP) is 4.32. The summed E-state index contributed by atoms with van der Waals surface area (Å²) in [5, 5.41) is 3.72. The monoisotopic (exact) mass is 332 g/mol. The Bertz CT molecular complexity index is 797. The number of aromatic amines is 1. The third kappa shape index (κ3) is 2.44. The molecule has 0 atom stereocenters. The standard InChI is InChI=1S/C15H10BrFN2O/c16-12-8-11(17)2-4-14(12)19-15(20)10-1-3-13-9(7-10)5-6-18-13/h1-8,18H,(H,19,20). The van der Waals surface area contributed by atoms with Gasteiger partial charge in [0.1, 0.15) is 5.82 Å². The highest BCUT2D eigenvalue weighted by atomic mass is 79.9. The molecule has 0 fully saturated rings. The second-order valence-corrected chi connectivity index (χ2v) is 5.21. The lowest BCUT2D eigenvalue weighted by Gasteiger charge is -2.07. The zero-order valence-corrected chi connectivity index (χ0v) is 11.9. The minimum absolute atomic E-state index is 0.236. The van der Waals surface area contributed by atoms with E-state index in [-0.39, 0.29) is 11.7 Å². The molecule has 2 N–H and O–H groups in total. The molecule has 20 heavy (non-hydrogen) atoms. The molecule has 0 unspecified atom stereocenters. The van der Waals surface area contributed by atoms with Crippen LogP contribution in [0.2, 0.25) is 0 Å². The van der Waals surface area contributed by atoms with E-state index >= 15 is 0 Å². The molecule has 3 nitrogen and oxygen atoms in total. The van der Waals surface area contributed by atoms with Crippen LogP contribution in [0.25, 0.3) is 10.9 Å². The minimum Gasteiger partial charge on any atom is -0.361 e. The number of hydrogen-bond donors (Lipinski definition) is 2. The fourth-order valence-corrected chi connectivity index (χ4v) is 2.43. The van der Waals surface area contributed by atoms with Crippen LogP contribution in [0.15, 0.2) is 53.1 Å². The number of H-pyrrole nitrogens is 1. The van der Waals surface area contributed by atoms with Gasteiger partial charge in [0.25, 0.3) is 5.91 Å². The third-order valence-corrected chi connectivity index (χ3v) is 3.65. The van der Waals surface area contributed by atoms with Crippen molar-refractivity contribution >= 4 is 38.4 Å². The predicted molar refractivity (Wildman–Crippen MR) is 80.4 cm³/mol. The van der Waals surface area contributed by atoms with E-state index in [2.05, 4.69) is 26.2 Å². The number of hydrogen-bond acceptors (Lipinski definition) is 1. The van der Waals surface area contributed by atoms with Gasteiger partial charge < -0.3 is 10.3 Å². The van der Waals surface area contributed by atoms with Crippen molar-refractivity contribution in [2.45, 2.75) is 0 Å². The van der Waals surface area contributed by atoms with Crippen molar-refractivity contribution in [3.63, 3.8) is 0 Å². The van der Waals surface area contributed by atoms with Crippen molar-refractivity contribution in [1.29, 1.82) is 0 Å². The molecule has 100 valence electrons. The molecule has 0 saturated carbocycles. The number of carbonyl (C=O) groups is 1. The first-order valence-corrected chi connectivity index (χ1v) is 6.76. The number of nitrogens with one attached hydrogen (secondary N) is 2. The molecule has 0 aliphatic rings. The summed E-state index contributed by atoms with van der Waals surface area (Å²) in [5.74, 6) is -0.593. The first-order valence-electron chi connectivity index (χ1n) is 5.97. The van der Waals surface area contributed by atoms with Gasteiger partial charge in [-0.25, -0.2) is 4.39 Å². The number of halogens is 2. The van der Waals surface area contributed by atoms with Gasteiger partial charge in [-0.2, -0.15) is 0 Å². The average molecular weight is 333 g/mol. The lowest BCUT2D eigenvalue weighted by molar-refractivity contribution is 0.102. The Labute approximate surface area is 122 Å². The van der Waals surface area contributed by atoms with Gasteiger partial charge in [0.15, 0.2) is 0 Å². The average Bonchev–Trinajstić information content (AvgIpc) is 2.89. The molecule has 1 aromatic heterocycles. The Hall–Kier alpha value is -2.14. The molecule has 2 aromatic carbocycles. The van der Waals surface area contributed by atoms with Gasteiger partial charge in [0, 0.05) is 27.1 Å². The van der Waals surface area contributed by atoms with Crippen LogP contribution in [0, 0.1) is 5.82 Å². The molecule has 0 spiro atoms. The zero-order chi connectivity index (χ0) is 14.1. The fraction of sp³-hybridized carbons (Fsp3) is 0. The summed E-state index contributed by atoms with van der Waals surface area (Å²) < 4.78 is 13.5. The maximum absolute atomic E-state index is 13.0. The number of amides is 1. The van der Waals surface area contributed by atoms with Crippen LogP contribution in [0.5, 0.6) is 0 Å². The van der Waals surface area contributed by atoms with Crippen molar-refractivity contribution < 1.29 is 9.18 Å². The molecular formula is C15H10BrFN2O. The smallest absolute Gasteiger partial charge is 0.255 e. The normalized spacial score (nSPS) is 10.7. The molecule has 5 heteroatoms. The minimum atomic E-state index is -0.358. The molecule has 0 radical (unpaired) electrons. The molecule has 0 bridgehead atoms. The largest absolute Gasteiger partial charge is 0.361 e. The second kappa shape index (κ2) is 5.09. The van der Waals surface area contributed by atoms with Gasteiger partial charge in [-0.15, -0.1) is 0 Å². The maximum atomic E-state index is 13.0. The lowest BCUT2D eigenvalue weighted by atomic mass is 10.1. The van der Waals surface area contributed by atoms with E-state index in [1.54, 1.807) is 12.1 Å². The Morgan fingerprint density at radius 2 is 2.00 bits per heavy atom. The van der Waals surface area contributed by atoms with E-state index in [0.29, 0.717) is 15.7 Å². The second-order valence-electron chi connectivity index (χ2n) is 4.36. The molecule has 1 heterocycles. The van der Waals surface area contributed by atoms with E-state index in [4.69, 9.17) is 0 Å². The van der Waals surface area contributed by atoms with E-state index in [0.717, 1.165) is 10.9 Å². The summed E-state index contributed by atoms with van der Waals surface area (Å²) in [6.07, 6.45) is 1.82. The van der Waals surface area contributed by atoms with Crippen LogP contribution in [0.4, 0.5) is 10.1 Å². The topological polar surface area (TPSA) is 44.9 Å². The van der Waals surface area contributed by atoms with Crippen LogP contribution in [0.3, 0.4) is 0 Å². The van der Waals surface area contributed by atoms with Gasteiger partial charge in [-0.1, -0.05) is 0 Å². The Balaban J connectivity index is 1.88. The number of carbonyl (C=O) groups excluding carboxylic acids is 1. The highest BCUT2D eigenvalue weighted by Crippen LogP contribution is 2.24. The molecule has 0 aliphatic carbocycles. The number of benzene rings is 2. The van der Waals surface area contributed by atoms with Gasteiger partial charge in [-0.05, 0) is 58.4 Å². The molecule has 1 amide bonds. The summed E-state index contributed by atoms with van der Waals surface area (Å²) in [7, 11) is 0. The van der Waals surface area contributed by atoms with Crippen LogP contribution in [0.1, 0.15) is 10.4 Å². The summed E-state index contributed by atoms with van der Waals surface area (Å²) in [4.78, 5) is 15.3. The first-order chi connectivity index (χ1) is 9.63. The Morgan fingerprint density at radius 1 is 1.15 bits per heavy atom. The maximum Gasteiger partial charge on any atom is 0.255 e. The van der Waals surface area contributed by atoms with Gasteiger partial charge in [0.2, 0.25) is 0 Å². The quantitative estimate of drug-likeness (QED) is 0.721. The van der Waals surface area contributed by atoms with E-state index in [9.17, 15) is 9.18 Å². The summed E-state index contributed by atoms with van der Waals surface area (Å²) >= 11 is 3.22. The first kappa shape index (κ1) is 12.9. The van der Waals surface area contributed by atoms with Crippen molar-refractivity contribution in [2.75, 3.05) is 5.32 Å². The van der Waals surface area contributed by atoms with Crippen LogP contribution < -0.4 is 5.32 Å². The number of fused-ring (bicyclic) bond motifs is 1. The van der Waals surface area contributed by atoms with Gasteiger partial charge in [-0.3, -0.25) is 4.79 Å². The van der Waals surface area contributed by atoms with Crippen molar-refractivity contribution in [3.05, 3.63) is 64.5 Å². The van der Waals surface area contributed by atoms with Crippen molar-refractivity contribution in [2.24, 2.45) is 0 Å². The molecule has 3 aromatic rings. The molecular weight excluding hydrogens is 323 g/mol. The summed E-state index contributed by atoms with van der Waals surface area (Å²) in [5.41, 5.74) is 2.06. The third-order valence-electron chi connectivity index (χ3n) is 2.99. The van der Waals surface area contributed by atoms with Gasteiger partial charge in [0.05, 0.1) is 5.69 Å². The highest BCUT2D eigenvalue weighted by Gasteiger charge is 2.09. The molecule has 0 aliphatic heterocycles. The highest BCUT2D eigenvalue weighted by molar-refractivity contribution is 9.10. The SMILES string of the molecule is O=C(Nc1ccc(F)cc1Br)c1ccc2[nH]ccc2c1. The van der Waals surface area contributed by atoms with Gasteiger partial charge >= 0.3 is 0 Å². The Morgan fingerprint density at radius 3 is 2.80 bits per heavy atom. The molecule has 0 saturated heterocycles. The number of anilines is 1. The fourth-order valence-electron chi connectivity index (χ4n) is 1.98. The van der Waals surface area contributed by atoms with Crippen molar-refractivity contribution in [1.82, 2.24) is 4.98 Å². The lowest BCUT2D eigenvalue weighted by Crippen LogP contribution is -2.12. The van der Waals surface area contributed by atoms with Crippen LogP contribution >= 0.6 is 15.9 Å². The summed E-state index contributed by atoms with van der Waals surface area (Å²) in [6.45, 7) is 0.